The summed E-state index contributed by atoms with van der Waals surface area (Å²) in [6.07, 6.45) is 1.26. The van der Waals surface area contributed by atoms with E-state index in [0.29, 0.717) is 13.1 Å². The Hall–Kier alpha value is -0.400. The number of aromatic nitrogens is 1. The molecule has 0 saturated carbocycles. The minimum absolute atomic E-state index is 0.0890. The fraction of sp³-hybridized carbons (Fsp3) is 0.643. The summed E-state index contributed by atoms with van der Waals surface area (Å²) in [5.74, 6) is 0. The molecule has 8 heteroatoms. The first-order valence-corrected chi connectivity index (χ1v) is 9.33. The molecule has 0 unspecified atom stereocenters. The van der Waals surface area contributed by atoms with Crippen molar-refractivity contribution in [1.82, 2.24) is 14.2 Å². The third-order valence-electron chi connectivity index (χ3n) is 3.44. The number of rotatable bonds is 3. The predicted molar refractivity (Wildman–Crippen MR) is 88.9 cm³/mol. The Balaban J connectivity index is 2.08. The van der Waals surface area contributed by atoms with Crippen LogP contribution in [-0.2, 0) is 10.0 Å². The molecule has 0 aliphatic carbocycles. The van der Waals surface area contributed by atoms with Gasteiger partial charge in [-0.1, -0.05) is 44.0 Å². The van der Waals surface area contributed by atoms with Gasteiger partial charge in [0.2, 0.25) is 10.0 Å². The number of sulfonamides is 1. The van der Waals surface area contributed by atoms with Crippen LogP contribution in [0.3, 0.4) is 0 Å². The quantitative estimate of drug-likeness (QED) is 0.772. The molecular formula is C14H21Cl2N3O2S. The molecule has 0 atom stereocenters. The van der Waals surface area contributed by atoms with Gasteiger partial charge in [0.05, 0.1) is 5.02 Å². The van der Waals surface area contributed by atoms with E-state index in [1.165, 1.54) is 16.6 Å². The molecule has 0 N–H and O–H groups in total. The van der Waals surface area contributed by atoms with Crippen LogP contribution in [0.5, 0.6) is 0 Å². The van der Waals surface area contributed by atoms with Gasteiger partial charge in [0.1, 0.15) is 10.0 Å². The smallest absolute Gasteiger partial charge is 0.244 e. The van der Waals surface area contributed by atoms with Gasteiger partial charge in [-0.25, -0.2) is 13.4 Å². The highest BCUT2D eigenvalue weighted by Crippen LogP contribution is 2.25. The second kappa shape index (κ2) is 6.61. The number of piperazine rings is 1. The molecule has 2 heterocycles. The summed E-state index contributed by atoms with van der Waals surface area (Å²) in [4.78, 5) is 6.20. The molecule has 0 radical (unpaired) electrons. The average molecular weight is 366 g/mol. The second-order valence-corrected chi connectivity index (χ2v) is 9.39. The molecule has 1 saturated heterocycles. The van der Waals surface area contributed by atoms with Crippen LogP contribution in [0.25, 0.3) is 0 Å². The Morgan fingerprint density at radius 3 is 2.27 bits per heavy atom. The second-order valence-electron chi connectivity index (χ2n) is 6.68. The third kappa shape index (κ3) is 4.32. The number of nitrogens with zero attached hydrogens (tertiary/aromatic N) is 3. The molecular weight excluding hydrogens is 345 g/mol. The first-order valence-electron chi connectivity index (χ1n) is 7.13. The van der Waals surface area contributed by atoms with Crippen molar-refractivity contribution in [3.8, 4) is 0 Å². The Bertz CT molecular complexity index is 636. The van der Waals surface area contributed by atoms with E-state index >= 15 is 0 Å². The zero-order valence-electron chi connectivity index (χ0n) is 13.0. The molecule has 0 amide bonds. The lowest BCUT2D eigenvalue weighted by molar-refractivity contribution is 0.141. The molecule has 0 spiro atoms. The topological polar surface area (TPSA) is 53.5 Å². The molecule has 1 aromatic rings. The van der Waals surface area contributed by atoms with Crippen molar-refractivity contribution in [1.29, 1.82) is 0 Å². The third-order valence-corrected chi connectivity index (χ3v) is 5.99. The minimum atomic E-state index is -3.57. The largest absolute Gasteiger partial charge is 0.300 e. The Kier molecular flexibility index (Phi) is 5.39. The number of pyridine rings is 1. The Morgan fingerprint density at radius 1 is 1.18 bits per heavy atom. The molecule has 0 aromatic carbocycles. The monoisotopic (exact) mass is 365 g/mol. The summed E-state index contributed by atoms with van der Waals surface area (Å²) >= 11 is 11.6. The first kappa shape index (κ1) is 17.9. The SMILES string of the molecule is CC(C)(C)CN1CCN(S(=O)(=O)c2cnc(Cl)c(Cl)c2)CC1. The van der Waals surface area contributed by atoms with Gasteiger partial charge in [-0.3, -0.25) is 0 Å². The predicted octanol–water partition coefficient (Wildman–Crippen LogP) is 2.74. The van der Waals surface area contributed by atoms with E-state index in [2.05, 4.69) is 30.7 Å². The Labute approximate surface area is 142 Å². The summed E-state index contributed by atoms with van der Waals surface area (Å²) in [5, 5.41) is 0.254. The van der Waals surface area contributed by atoms with E-state index < -0.39 is 10.0 Å². The summed E-state index contributed by atoms with van der Waals surface area (Å²) in [6, 6.07) is 1.35. The maximum atomic E-state index is 12.6. The molecule has 0 bridgehead atoms. The summed E-state index contributed by atoms with van der Waals surface area (Å²) < 4.78 is 26.7. The Morgan fingerprint density at radius 2 is 1.77 bits per heavy atom. The summed E-state index contributed by atoms with van der Waals surface area (Å²) in [6.45, 7) is 9.88. The fourth-order valence-electron chi connectivity index (χ4n) is 2.49. The lowest BCUT2D eigenvalue weighted by atomic mass is 9.96. The molecule has 1 aliphatic rings. The molecule has 124 valence electrons. The molecule has 1 aliphatic heterocycles. The zero-order valence-corrected chi connectivity index (χ0v) is 15.3. The van der Waals surface area contributed by atoms with Crippen molar-refractivity contribution in [2.45, 2.75) is 25.7 Å². The van der Waals surface area contributed by atoms with E-state index in [1.54, 1.807) is 0 Å². The van der Waals surface area contributed by atoms with Gasteiger partial charge >= 0.3 is 0 Å². The van der Waals surface area contributed by atoms with Crippen molar-refractivity contribution in [2.24, 2.45) is 5.41 Å². The van der Waals surface area contributed by atoms with Crippen LogP contribution < -0.4 is 0 Å². The lowest BCUT2D eigenvalue weighted by Crippen LogP contribution is -2.50. The van der Waals surface area contributed by atoms with Gasteiger partial charge in [0.25, 0.3) is 0 Å². The molecule has 22 heavy (non-hydrogen) atoms. The van der Waals surface area contributed by atoms with Crippen LogP contribution >= 0.6 is 23.2 Å². The minimum Gasteiger partial charge on any atom is -0.300 e. The van der Waals surface area contributed by atoms with E-state index in [0.717, 1.165) is 19.6 Å². The highest BCUT2D eigenvalue weighted by Gasteiger charge is 2.30. The van der Waals surface area contributed by atoms with Gasteiger partial charge in [-0.2, -0.15) is 4.31 Å². The lowest BCUT2D eigenvalue weighted by Gasteiger charge is -2.37. The van der Waals surface area contributed by atoms with Crippen LogP contribution in [0, 0.1) is 5.41 Å². The van der Waals surface area contributed by atoms with E-state index in [-0.39, 0.29) is 20.5 Å². The van der Waals surface area contributed by atoms with Crippen molar-refractivity contribution < 1.29 is 8.42 Å². The van der Waals surface area contributed by atoms with Crippen LogP contribution in [0.2, 0.25) is 10.2 Å². The molecule has 5 nitrogen and oxygen atoms in total. The summed E-state index contributed by atoms with van der Waals surface area (Å²) in [7, 11) is -3.57. The standard InChI is InChI=1S/C14H21Cl2N3O2S/c1-14(2,3)10-18-4-6-19(7-5-18)22(20,21)11-8-12(15)13(16)17-9-11/h8-9H,4-7,10H2,1-3H3. The van der Waals surface area contributed by atoms with Gasteiger partial charge in [0.15, 0.2) is 0 Å². The number of halogens is 2. The van der Waals surface area contributed by atoms with Crippen molar-refractivity contribution in [2.75, 3.05) is 32.7 Å². The molecule has 2 rings (SSSR count). The van der Waals surface area contributed by atoms with E-state index in [9.17, 15) is 8.42 Å². The molecule has 1 fully saturated rings. The van der Waals surface area contributed by atoms with Crippen LogP contribution in [0.1, 0.15) is 20.8 Å². The first-order chi connectivity index (χ1) is 10.1. The van der Waals surface area contributed by atoms with Crippen molar-refractivity contribution in [3.05, 3.63) is 22.4 Å². The van der Waals surface area contributed by atoms with E-state index in [4.69, 9.17) is 23.2 Å². The number of hydrogen-bond donors (Lipinski definition) is 0. The molecule has 1 aromatic heterocycles. The van der Waals surface area contributed by atoms with Crippen LogP contribution in [-0.4, -0.2) is 55.3 Å². The highest BCUT2D eigenvalue weighted by molar-refractivity contribution is 7.89. The maximum Gasteiger partial charge on any atom is 0.244 e. The van der Waals surface area contributed by atoms with Gasteiger partial charge in [0, 0.05) is 38.9 Å². The van der Waals surface area contributed by atoms with Crippen molar-refractivity contribution >= 4 is 33.2 Å². The highest BCUT2D eigenvalue weighted by atomic mass is 35.5. The summed E-state index contributed by atoms with van der Waals surface area (Å²) in [5.41, 5.74) is 0.203. The average Bonchev–Trinajstić information content (AvgIpc) is 2.40. The maximum absolute atomic E-state index is 12.6. The van der Waals surface area contributed by atoms with Gasteiger partial charge in [-0.15, -0.1) is 0 Å². The van der Waals surface area contributed by atoms with Gasteiger partial charge < -0.3 is 4.90 Å². The zero-order chi connectivity index (χ0) is 16.5. The van der Waals surface area contributed by atoms with Crippen molar-refractivity contribution in [3.63, 3.8) is 0 Å². The number of hydrogen-bond acceptors (Lipinski definition) is 4. The normalized spacial score (nSPS) is 18.6. The fourth-order valence-corrected chi connectivity index (χ4v) is 4.22. The van der Waals surface area contributed by atoms with Crippen LogP contribution in [0.15, 0.2) is 17.2 Å². The van der Waals surface area contributed by atoms with E-state index in [1.807, 2.05) is 0 Å². The van der Waals surface area contributed by atoms with Crippen LogP contribution in [0.4, 0.5) is 0 Å². The van der Waals surface area contributed by atoms with Gasteiger partial charge in [-0.05, 0) is 11.5 Å².